The van der Waals surface area contributed by atoms with Crippen LogP contribution in [0.2, 0.25) is 5.02 Å². The van der Waals surface area contributed by atoms with E-state index < -0.39 is 0 Å². The number of hydrogen-bond donors (Lipinski definition) is 1. The molecule has 0 aliphatic heterocycles. The van der Waals surface area contributed by atoms with Crippen molar-refractivity contribution in [2.45, 2.75) is 65.8 Å². The molecule has 0 bridgehead atoms. The third kappa shape index (κ3) is 5.46. The molecule has 2 heteroatoms. The van der Waals surface area contributed by atoms with E-state index in [0.29, 0.717) is 6.04 Å². The van der Waals surface area contributed by atoms with E-state index in [2.05, 4.69) is 51.2 Å². The first kappa shape index (κ1) is 17.5. The van der Waals surface area contributed by atoms with Crippen LogP contribution in [0.5, 0.6) is 0 Å². The van der Waals surface area contributed by atoms with Crippen molar-refractivity contribution in [3.8, 4) is 0 Å². The minimum absolute atomic E-state index is 0.539. The Hall–Kier alpha value is -0.530. The first-order valence-electron chi connectivity index (χ1n) is 8.10. The summed E-state index contributed by atoms with van der Waals surface area (Å²) in [6.45, 7) is 9.88. The van der Waals surface area contributed by atoms with Crippen LogP contribution in [0, 0.1) is 12.8 Å². The number of nitrogens with one attached hydrogen (secondary N) is 1. The quantitative estimate of drug-likeness (QED) is 0.644. The summed E-state index contributed by atoms with van der Waals surface area (Å²) in [7, 11) is 0. The van der Waals surface area contributed by atoms with Crippen LogP contribution in [0.4, 0.5) is 0 Å². The molecule has 1 aromatic rings. The lowest BCUT2D eigenvalue weighted by molar-refractivity contribution is 0.319. The largest absolute Gasteiger partial charge is 0.314 e. The highest BCUT2D eigenvalue weighted by Gasteiger charge is 2.20. The molecule has 2 unspecified atom stereocenters. The topological polar surface area (TPSA) is 12.0 Å². The molecule has 1 rings (SSSR count). The molecule has 1 N–H and O–H groups in total. The zero-order valence-corrected chi connectivity index (χ0v) is 14.3. The van der Waals surface area contributed by atoms with Gasteiger partial charge in [0.1, 0.15) is 0 Å². The smallest absolute Gasteiger partial charge is 0.0441 e. The van der Waals surface area contributed by atoms with Gasteiger partial charge in [0.05, 0.1) is 0 Å². The molecule has 0 saturated heterocycles. The van der Waals surface area contributed by atoms with E-state index in [1.54, 1.807) is 0 Å². The molecule has 0 aromatic heterocycles. The second-order valence-corrected chi connectivity index (χ2v) is 6.18. The van der Waals surface area contributed by atoms with E-state index in [9.17, 15) is 0 Å². The van der Waals surface area contributed by atoms with Crippen LogP contribution >= 0.6 is 11.6 Å². The molecule has 0 amide bonds. The van der Waals surface area contributed by atoms with Crippen molar-refractivity contribution in [1.82, 2.24) is 5.32 Å². The van der Waals surface area contributed by atoms with Gasteiger partial charge in [0.25, 0.3) is 0 Å². The van der Waals surface area contributed by atoms with Crippen LogP contribution in [0.15, 0.2) is 18.2 Å². The van der Waals surface area contributed by atoms with Gasteiger partial charge in [0.2, 0.25) is 0 Å². The molecule has 1 nitrogen and oxygen atoms in total. The van der Waals surface area contributed by atoms with Crippen LogP contribution in [0.3, 0.4) is 0 Å². The number of rotatable bonds is 9. The molecule has 0 aliphatic carbocycles. The van der Waals surface area contributed by atoms with Crippen molar-refractivity contribution in [2.75, 3.05) is 6.54 Å². The molecule has 114 valence electrons. The van der Waals surface area contributed by atoms with Crippen molar-refractivity contribution in [3.63, 3.8) is 0 Å². The number of likely N-dealkylation sites (N-methyl/N-ethyl adjacent to an activating group) is 1. The molecule has 0 fully saturated rings. The maximum atomic E-state index is 6.40. The van der Waals surface area contributed by atoms with Crippen molar-refractivity contribution in [1.29, 1.82) is 0 Å². The van der Waals surface area contributed by atoms with Gasteiger partial charge in [-0.1, -0.05) is 63.8 Å². The number of benzene rings is 1. The van der Waals surface area contributed by atoms with E-state index in [1.165, 1.54) is 36.8 Å². The van der Waals surface area contributed by atoms with E-state index in [0.717, 1.165) is 23.9 Å². The van der Waals surface area contributed by atoms with Gasteiger partial charge in [0, 0.05) is 11.1 Å². The Bertz CT molecular complexity index is 389. The molecule has 1 aromatic carbocycles. The third-order valence-electron chi connectivity index (χ3n) is 4.14. The molecule has 20 heavy (non-hydrogen) atoms. The Morgan fingerprint density at radius 3 is 2.50 bits per heavy atom. The second-order valence-electron chi connectivity index (χ2n) is 5.77. The number of aryl methyl sites for hydroxylation is 1. The van der Waals surface area contributed by atoms with Gasteiger partial charge in [0.15, 0.2) is 0 Å². The lowest BCUT2D eigenvalue weighted by Gasteiger charge is -2.27. The number of unbranched alkanes of at least 4 members (excludes halogenated alkanes) is 1. The van der Waals surface area contributed by atoms with Crippen LogP contribution in [-0.4, -0.2) is 12.6 Å². The van der Waals surface area contributed by atoms with Gasteiger partial charge >= 0.3 is 0 Å². The summed E-state index contributed by atoms with van der Waals surface area (Å²) in [6, 6.07) is 6.97. The van der Waals surface area contributed by atoms with Gasteiger partial charge in [-0.3, -0.25) is 0 Å². The Labute approximate surface area is 130 Å². The molecular formula is C18H30ClN. The monoisotopic (exact) mass is 295 g/mol. The van der Waals surface area contributed by atoms with Crippen LogP contribution in [0.1, 0.15) is 57.6 Å². The van der Waals surface area contributed by atoms with Crippen molar-refractivity contribution >= 4 is 11.6 Å². The van der Waals surface area contributed by atoms with Gasteiger partial charge < -0.3 is 5.32 Å². The zero-order valence-electron chi connectivity index (χ0n) is 13.5. The molecule has 0 heterocycles. The van der Waals surface area contributed by atoms with E-state index in [-0.39, 0.29) is 0 Å². The van der Waals surface area contributed by atoms with Crippen LogP contribution in [-0.2, 0) is 6.42 Å². The predicted molar refractivity (Wildman–Crippen MR) is 90.7 cm³/mol. The summed E-state index contributed by atoms with van der Waals surface area (Å²) in [5.74, 6) is 0.743. The van der Waals surface area contributed by atoms with Crippen LogP contribution < -0.4 is 5.32 Å². The summed E-state index contributed by atoms with van der Waals surface area (Å²) in [5.41, 5.74) is 2.51. The fourth-order valence-electron chi connectivity index (χ4n) is 2.88. The average molecular weight is 296 g/mol. The third-order valence-corrected chi connectivity index (χ3v) is 4.49. The first-order valence-corrected chi connectivity index (χ1v) is 8.48. The highest BCUT2D eigenvalue weighted by molar-refractivity contribution is 6.31. The van der Waals surface area contributed by atoms with E-state index >= 15 is 0 Å². The normalized spacial score (nSPS) is 14.2. The minimum atomic E-state index is 0.539. The Morgan fingerprint density at radius 1 is 1.20 bits per heavy atom. The summed E-state index contributed by atoms with van der Waals surface area (Å²) in [4.78, 5) is 0. The maximum Gasteiger partial charge on any atom is 0.0441 e. The van der Waals surface area contributed by atoms with Crippen molar-refractivity contribution in [2.24, 2.45) is 5.92 Å². The van der Waals surface area contributed by atoms with E-state index in [4.69, 9.17) is 11.6 Å². The average Bonchev–Trinajstić information content (AvgIpc) is 2.42. The van der Waals surface area contributed by atoms with Gasteiger partial charge in [-0.25, -0.2) is 0 Å². The Kier molecular flexibility index (Phi) is 8.25. The van der Waals surface area contributed by atoms with Gasteiger partial charge in [-0.15, -0.1) is 0 Å². The number of halogens is 1. The maximum absolute atomic E-state index is 6.40. The molecule has 0 radical (unpaired) electrons. The van der Waals surface area contributed by atoms with Crippen molar-refractivity contribution in [3.05, 3.63) is 34.3 Å². The summed E-state index contributed by atoms with van der Waals surface area (Å²) in [5, 5.41) is 4.59. The lowest BCUT2D eigenvalue weighted by atomic mass is 9.87. The minimum Gasteiger partial charge on any atom is -0.314 e. The SMILES string of the molecule is CCCCC(CC)C(Cc1ccc(C)cc1Cl)NCC. The molecule has 2 atom stereocenters. The Balaban J connectivity index is 2.78. The van der Waals surface area contributed by atoms with E-state index in [1.807, 2.05) is 0 Å². The summed E-state index contributed by atoms with van der Waals surface area (Å²) >= 11 is 6.40. The second kappa shape index (κ2) is 9.41. The predicted octanol–water partition coefficient (Wildman–Crippen LogP) is 5.39. The standard InChI is InChI=1S/C18H30ClN/c1-5-8-9-15(6-2)18(20-7-3)13-16-11-10-14(4)12-17(16)19/h10-12,15,18,20H,5-9,13H2,1-4H3. The fourth-order valence-corrected chi connectivity index (χ4v) is 3.19. The Morgan fingerprint density at radius 2 is 1.95 bits per heavy atom. The number of hydrogen-bond acceptors (Lipinski definition) is 1. The molecule has 0 spiro atoms. The van der Waals surface area contributed by atoms with Gasteiger partial charge in [-0.2, -0.15) is 0 Å². The fraction of sp³-hybridized carbons (Fsp3) is 0.667. The summed E-state index contributed by atoms with van der Waals surface area (Å²) in [6.07, 6.45) is 6.19. The lowest BCUT2D eigenvalue weighted by Crippen LogP contribution is -2.38. The zero-order chi connectivity index (χ0) is 15.0. The molecular weight excluding hydrogens is 266 g/mol. The molecule has 0 saturated carbocycles. The van der Waals surface area contributed by atoms with Crippen LogP contribution in [0.25, 0.3) is 0 Å². The highest BCUT2D eigenvalue weighted by Crippen LogP contribution is 2.24. The first-order chi connectivity index (χ1) is 9.62. The molecule has 0 aliphatic rings. The highest BCUT2D eigenvalue weighted by atomic mass is 35.5. The van der Waals surface area contributed by atoms with Crippen molar-refractivity contribution < 1.29 is 0 Å². The van der Waals surface area contributed by atoms with Gasteiger partial charge in [-0.05, 0) is 49.4 Å². The summed E-state index contributed by atoms with van der Waals surface area (Å²) < 4.78 is 0.